The van der Waals surface area contributed by atoms with Crippen molar-refractivity contribution in [3.63, 3.8) is 0 Å². The summed E-state index contributed by atoms with van der Waals surface area (Å²) in [4.78, 5) is 22.7. The molecule has 0 radical (unpaired) electrons. The van der Waals surface area contributed by atoms with Crippen molar-refractivity contribution in [3.05, 3.63) is 59.0 Å². The van der Waals surface area contributed by atoms with Gasteiger partial charge >= 0.3 is 0 Å². The van der Waals surface area contributed by atoms with Gasteiger partial charge in [-0.2, -0.15) is 10.2 Å². The summed E-state index contributed by atoms with van der Waals surface area (Å²) in [5.74, 6) is 0. The van der Waals surface area contributed by atoms with Gasteiger partial charge in [0.15, 0.2) is 0 Å². The van der Waals surface area contributed by atoms with E-state index >= 15 is 0 Å². The van der Waals surface area contributed by atoms with Crippen LogP contribution in [0.15, 0.2) is 47.8 Å². The monoisotopic (exact) mass is 429 g/mol. The van der Waals surface area contributed by atoms with E-state index in [4.69, 9.17) is 4.98 Å². The Hall–Kier alpha value is -3.85. The number of aliphatic hydroxyl groups excluding tert-OH is 1. The molecule has 1 atom stereocenters. The highest BCUT2D eigenvalue weighted by Crippen LogP contribution is 2.30. The molecule has 0 aliphatic carbocycles. The molecule has 0 aliphatic heterocycles. The summed E-state index contributed by atoms with van der Waals surface area (Å²) < 4.78 is 4.98. The summed E-state index contributed by atoms with van der Waals surface area (Å²) >= 11 is 0. The smallest absolute Gasteiger partial charge is 0.261 e. The third kappa shape index (κ3) is 3.09. The molecule has 0 bridgehead atoms. The van der Waals surface area contributed by atoms with Gasteiger partial charge in [0, 0.05) is 36.8 Å². The van der Waals surface area contributed by atoms with Gasteiger partial charge in [-0.3, -0.25) is 18.7 Å². The summed E-state index contributed by atoms with van der Waals surface area (Å²) in [5.41, 5.74) is 5.13. The Kier molecular flexibility index (Phi) is 4.63. The Morgan fingerprint density at radius 3 is 2.66 bits per heavy atom. The van der Waals surface area contributed by atoms with Crippen molar-refractivity contribution >= 4 is 21.8 Å². The number of rotatable bonds is 4. The first-order valence-corrected chi connectivity index (χ1v) is 10.3. The molecule has 0 amide bonds. The highest BCUT2D eigenvalue weighted by atomic mass is 16.3. The fourth-order valence-electron chi connectivity index (χ4n) is 4.04. The number of pyridine rings is 1. The van der Waals surface area contributed by atoms with E-state index < -0.39 is 0 Å². The predicted molar refractivity (Wildman–Crippen MR) is 122 cm³/mol. The van der Waals surface area contributed by atoms with Crippen molar-refractivity contribution in [1.82, 2.24) is 34.1 Å². The minimum absolute atomic E-state index is 0.156. The molecule has 0 unspecified atom stereocenters. The van der Waals surface area contributed by atoms with Crippen molar-refractivity contribution in [2.24, 2.45) is 14.1 Å². The summed E-state index contributed by atoms with van der Waals surface area (Å²) in [7, 11) is 3.74. The van der Waals surface area contributed by atoms with E-state index in [1.807, 2.05) is 50.1 Å². The van der Waals surface area contributed by atoms with Crippen molar-refractivity contribution < 1.29 is 5.11 Å². The average Bonchev–Trinajstić information content (AvgIpc) is 3.35. The third-order valence-corrected chi connectivity index (χ3v) is 5.82. The molecule has 32 heavy (non-hydrogen) atoms. The van der Waals surface area contributed by atoms with E-state index in [2.05, 4.69) is 15.2 Å². The Morgan fingerprint density at radius 1 is 1.12 bits per heavy atom. The van der Waals surface area contributed by atoms with E-state index in [1.54, 1.807) is 23.9 Å². The Balaban J connectivity index is 1.82. The molecule has 0 saturated carbocycles. The number of nitrogens with zero attached hydrogens (tertiary/aromatic N) is 7. The molecular formula is C23H23N7O2. The molecule has 5 aromatic rings. The van der Waals surface area contributed by atoms with Gasteiger partial charge in [-0.1, -0.05) is 12.1 Å². The second-order valence-electron chi connectivity index (χ2n) is 8.08. The van der Waals surface area contributed by atoms with E-state index in [1.165, 1.54) is 10.9 Å². The van der Waals surface area contributed by atoms with Crippen LogP contribution in [0.3, 0.4) is 0 Å². The first-order chi connectivity index (χ1) is 15.4. The standard InChI is InChI=1S/C23H23N7O2/c1-13(11-31)30-12-24-22-18(23(30)32)8-19(26-21(22)16-9-25-28(3)10-16)15-5-6-17-14(2)27-29(4)20(17)7-15/h5-10,12-13,31H,11H2,1-4H3/t13-/m0/s1. The van der Waals surface area contributed by atoms with E-state index in [9.17, 15) is 9.90 Å². The zero-order valence-electron chi connectivity index (χ0n) is 18.3. The molecule has 0 saturated heterocycles. The number of hydrogen-bond donors (Lipinski definition) is 1. The van der Waals surface area contributed by atoms with Crippen LogP contribution in [0.25, 0.3) is 44.3 Å². The van der Waals surface area contributed by atoms with Gasteiger partial charge in [0.1, 0.15) is 11.2 Å². The zero-order valence-corrected chi connectivity index (χ0v) is 18.3. The van der Waals surface area contributed by atoms with Crippen molar-refractivity contribution in [3.8, 4) is 22.5 Å². The maximum Gasteiger partial charge on any atom is 0.261 e. The van der Waals surface area contributed by atoms with Crippen molar-refractivity contribution in [2.45, 2.75) is 19.9 Å². The molecule has 162 valence electrons. The lowest BCUT2D eigenvalue weighted by atomic mass is 10.0. The number of benzene rings is 1. The van der Waals surface area contributed by atoms with E-state index in [0.717, 1.165) is 27.7 Å². The second-order valence-corrected chi connectivity index (χ2v) is 8.08. The van der Waals surface area contributed by atoms with Gasteiger partial charge < -0.3 is 5.11 Å². The minimum atomic E-state index is -0.383. The van der Waals surface area contributed by atoms with Crippen LogP contribution >= 0.6 is 0 Å². The molecule has 4 aromatic heterocycles. The van der Waals surface area contributed by atoms with Crippen LogP contribution in [0.2, 0.25) is 0 Å². The molecule has 4 heterocycles. The molecule has 9 heteroatoms. The first kappa shape index (κ1) is 20.1. The second kappa shape index (κ2) is 7.38. The SMILES string of the molecule is Cc1nn(C)c2cc(-c3cc4c(=O)n([C@@H](C)CO)cnc4c(-c4cnn(C)c4)n3)ccc12. The summed E-state index contributed by atoms with van der Waals surface area (Å²) in [6.07, 6.45) is 5.03. The molecular weight excluding hydrogens is 406 g/mol. The summed E-state index contributed by atoms with van der Waals surface area (Å²) in [6, 6.07) is 7.44. The normalized spacial score (nSPS) is 12.7. The van der Waals surface area contributed by atoms with Gasteiger partial charge in [0.2, 0.25) is 0 Å². The summed E-state index contributed by atoms with van der Waals surface area (Å²) in [5, 5.41) is 19.8. The number of aromatic nitrogens is 7. The number of fused-ring (bicyclic) bond motifs is 2. The van der Waals surface area contributed by atoms with Crippen molar-refractivity contribution in [1.29, 1.82) is 0 Å². The molecule has 0 fully saturated rings. The zero-order chi connectivity index (χ0) is 22.6. The van der Waals surface area contributed by atoms with Gasteiger partial charge in [0.05, 0.1) is 47.5 Å². The van der Waals surface area contributed by atoms with Gasteiger partial charge in [0.25, 0.3) is 5.56 Å². The molecule has 0 aliphatic rings. The lowest BCUT2D eigenvalue weighted by Gasteiger charge is -2.14. The molecule has 1 N–H and O–H groups in total. The van der Waals surface area contributed by atoms with E-state index in [-0.39, 0.29) is 18.2 Å². The Bertz CT molecular complexity index is 1540. The number of aryl methyl sites for hydroxylation is 3. The van der Waals surface area contributed by atoms with Crippen LogP contribution in [-0.2, 0) is 14.1 Å². The number of aliphatic hydroxyl groups is 1. The Labute approximate surface area is 183 Å². The maximum atomic E-state index is 13.3. The Morgan fingerprint density at radius 2 is 1.94 bits per heavy atom. The minimum Gasteiger partial charge on any atom is -0.394 e. The molecule has 5 rings (SSSR count). The predicted octanol–water partition coefficient (Wildman–Crippen LogP) is 2.61. The van der Waals surface area contributed by atoms with E-state index in [0.29, 0.717) is 22.3 Å². The molecule has 0 spiro atoms. The fourth-order valence-corrected chi connectivity index (χ4v) is 4.04. The van der Waals surface area contributed by atoms with Gasteiger partial charge in [-0.25, -0.2) is 9.97 Å². The summed E-state index contributed by atoms with van der Waals surface area (Å²) in [6.45, 7) is 3.60. The lowest BCUT2D eigenvalue weighted by molar-refractivity contribution is 0.236. The quantitative estimate of drug-likeness (QED) is 0.471. The lowest BCUT2D eigenvalue weighted by Crippen LogP contribution is -2.25. The van der Waals surface area contributed by atoms with Gasteiger partial charge in [-0.05, 0) is 26.0 Å². The van der Waals surface area contributed by atoms with Crippen molar-refractivity contribution in [2.75, 3.05) is 6.61 Å². The largest absolute Gasteiger partial charge is 0.394 e. The van der Waals surface area contributed by atoms with Crippen LogP contribution < -0.4 is 5.56 Å². The van der Waals surface area contributed by atoms with Crippen LogP contribution in [0.4, 0.5) is 0 Å². The average molecular weight is 429 g/mol. The van der Waals surface area contributed by atoms with Gasteiger partial charge in [-0.15, -0.1) is 0 Å². The first-order valence-electron chi connectivity index (χ1n) is 10.3. The highest BCUT2D eigenvalue weighted by molar-refractivity contribution is 5.94. The fraction of sp³-hybridized carbons (Fsp3) is 0.261. The molecule has 9 nitrogen and oxygen atoms in total. The number of hydrogen-bond acceptors (Lipinski definition) is 6. The third-order valence-electron chi connectivity index (χ3n) is 5.82. The maximum absolute atomic E-state index is 13.3. The topological polar surface area (TPSA) is 104 Å². The van der Waals surface area contributed by atoms with Crippen LogP contribution in [-0.4, -0.2) is 45.8 Å². The van der Waals surface area contributed by atoms with Crippen LogP contribution in [0.1, 0.15) is 18.7 Å². The molecule has 1 aromatic carbocycles. The van der Waals surface area contributed by atoms with Crippen LogP contribution in [0.5, 0.6) is 0 Å². The highest BCUT2D eigenvalue weighted by Gasteiger charge is 2.18. The van der Waals surface area contributed by atoms with Crippen LogP contribution in [0, 0.1) is 6.92 Å².